The van der Waals surface area contributed by atoms with Crippen molar-refractivity contribution in [3.8, 4) is 0 Å². The average Bonchev–Trinajstić information content (AvgIpc) is 2.65. The maximum Gasteiger partial charge on any atom is 0.289 e. The Balaban J connectivity index is 1.62. The monoisotopic (exact) mass is 415 g/mol. The number of amides is 1. The van der Waals surface area contributed by atoms with E-state index in [0.29, 0.717) is 24.9 Å². The molecule has 1 saturated heterocycles. The molecule has 1 N–H and O–H groups in total. The van der Waals surface area contributed by atoms with E-state index >= 15 is 0 Å². The second kappa shape index (κ2) is 8.12. The number of carbonyl (C=O) groups excluding carboxylic acids is 1. The van der Waals surface area contributed by atoms with Crippen LogP contribution in [0.25, 0.3) is 0 Å². The van der Waals surface area contributed by atoms with Gasteiger partial charge >= 0.3 is 0 Å². The van der Waals surface area contributed by atoms with Gasteiger partial charge in [0.15, 0.2) is 0 Å². The first-order valence-electron chi connectivity index (χ1n) is 8.99. The van der Waals surface area contributed by atoms with Crippen LogP contribution in [0.2, 0.25) is 5.02 Å². The molecule has 2 aliphatic rings. The van der Waals surface area contributed by atoms with Crippen molar-refractivity contribution in [1.29, 1.82) is 0 Å². The van der Waals surface area contributed by atoms with E-state index < -0.39 is 20.6 Å². The Morgan fingerprint density at radius 2 is 1.96 bits per heavy atom. The number of hydrogen-bond acceptors (Lipinski definition) is 5. The summed E-state index contributed by atoms with van der Waals surface area (Å²) in [7, 11) is -4.05. The third-order valence-electron chi connectivity index (χ3n) is 5.48. The molecule has 2 atom stereocenters. The first-order valence-corrected chi connectivity index (χ1v) is 10.9. The number of likely N-dealkylation sites (tertiary alicyclic amines) is 1. The third-order valence-corrected chi connectivity index (χ3v) is 7.20. The SMILES string of the molecule is O=C(CNS(=O)(=O)c1ccc(Cl)c([N+](=O)[O-])c1)N1CC[C@@H]2CCCC[C@H]2C1. The van der Waals surface area contributed by atoms with Gasteiger partial charge in [0, 0.05) is 19.2 Å². The normalized spacial score (nSPS) is 22.9. The van der Waals surface area contributed by atoms with E-state index in [1.54, 1.807) is 4.90 Å². The molecule has 1 aliphatic carbocycles. The highest BCUT2D eigenvalue weighted by Crippen LogP contribution is 2.36. The molecule has 8 nitrogen and oxygen atoms in total. The molecule has 1 saturated carbocycles. The summed E-state index contributed by atoms with van der Waals surface area (Å²) in [4.78, 5) is 24.1. The zero-order valence-corrected chi connectivity index (χ0v) is 16.3. The molecule has 27 heavy (non-hydrogen) atoms. The van der Waals surface area contributed by atoms with Gasteiger partial charge in [-0.05, 0) is 36.8 Å². The fourth-order valence-electron chi connectivity index (χ4n) is 3.98. The van der Waals surface area contributed by atoms with Crippen LogP contribution in [-0.4, -0.2) is 43.8 Å². The van der Waals surface area contributed by atoms with Crippen LogP contribution in [0.3, 0.4) is 0 Å². The number of nitrogens with zero attached hydrogens (tertiary/aromatic N) is 2. The number of hydrogen-bond donors (Lipinski definition) is 1. The summed E-state index contributed by atoms with van der Waals surface area (Å²) in [6.45, 7) is 0.960. The number of nitrogens with one attached hydrogen (secondary N) is 1. The molecule has 0 spiro atoms. The molecule has 2 fully saturated rings. The summed E-state index contributed by atoms with van der Waals surface area (Å²) in [6.07, 6.45) is 5.74. The van der Waals surface area contributed by atoms with Gasteiger partial charge in [-0.15, -0.1) is 0 Å². The van der Waals surface area contributed by atoms with E-state index in [1.165, 1.54) is 25.3 Å². The van der Waals surface area contributed by atoms with Crippen LogP contribution < -0.4 is 4.72 Å². The summed E-state index contributed by atoms with van der Waals surface area (Å²) in [5.74, 6) is 0.909. The van der Waals surface area contributed by atoms with Gasteiger partial charge in [0.1, 0.15) is 5.02 Å². The Morgan fingerprint density at radius 1 is 1.26 bits per heavy atom. The van der Waals surface area contributed by atoms with E-state index in [9.17, 15) is 23.3 Å². The fourth-order valence-corrected chi connectivity index (χ4v) is 5.16. The lowest BCUT2D eigenvalue weighted by Gasteiger charge is -2.41. The van der Waals surface area contributed by atoms with Gasteiger partial charge in [0.25, 0.3) is 5.69 Å². The molecular weight excluding hydrogens is 394 g/mol. The highest BCUT2D eigenvalue weighted by Gasteiger charge is 2.33. The van der Waals surface area contributed by atoms with E-state index in [0.717, 1.165) is 25.0 Å². The lowest BCUT2D eigenvalue weighted by molar-refractivity contribution is -0.384. The quantitative estimate of drug-likeness (QED) is 0.587. The number of piperidine rings is 1. The maximum atomic E-state index is 12.4. The number of carbonyl (C=O) groups is 1. The second-order valence-corrected chi connectivity index (χ2v) is 9.30. The highest BCUT2D eigenvalue weighted by molar-refractivity contribution is 7.89. The predicted octanol–water partition coefficient (Wildman–Crippen LogP) is 2.57. The molecule has 1 heterocycles. The Bertz CT molecular complexity index is 845. The van der Waals surface area contributed by atoms with Crippen LogP contribution in [0.1, 0.15) is 32.1 Å². The second-order valence-electron chi connectivity index (χ2n) is 7.13. The van der Waals surface area contributed by atoms with Gasteiger partial charge < -0.3 is 4.90 Å². The van der Waals surface area contributed by atoms with Crippen molar-refractivity contribution in [2.24, 2.45) is 11.8 Å². The first kappa shape index (κ1) is 20.0. The number of sulfonamides is 1. The average molecular weight is 416 g/mol. The zero-order valence-electron chi connectivity index (χ0n) is 14.8. The largest absolute Gasteiger partial charge is 0.341 e. The van der Waals surface area contributed by atoms with E-state index in [4.69, 9.17) is 11.6 Å². The maximum absolute atomic E-state index is 12.4. The molecule has 1 aromatic rings. The van der Waals surface area contributed by atoms with Crippen LogP contribution in [0.4, 0.5) is 5.69 Å². The standard InChI is InChI=1S/C17H22ClN3O5S/c18-15-6-5-14(9-16(15)21(23)24)27(25,26)19-10-17(22)20-8-7-12-3-1-2-4-13(12)11-20/h5-6,9,12-13,19H,1-4,7-8,10-11H2/t12-,13-/m0/s1. The number of benzene rings is 1. The smallest absolute Gasteiger partial charge is 0.289 e. The summed E-state index contributed by atoms with van der Waals surface area (Å²) in [6, 6.07) is 3.22. The van der Waals surface area contributed by atoms with Gasteiger partial charge in [0.05, 0.1) is 16.4 Å². The van der Waals surface area contributed by atoms with Gasteiger partial charge in [-0.3, -0.25) is 14.9 Å². The minimum Gasteiger partial charge on any atom is -0.341 e. The van der Waals surface area contributed by atoms with Crippen molar-refractivity contribution < 1.29 is 18.1 Å². The minimum atomic E-state index is -4.05. The summed E-state index contributed by atoms with van der Waals surface area (Å²) in [5, 5.41) is 10.8. The van der Waals surface area contributed by atoms with Crippen LogP contribution in [0, 0.1) is 22.0 Å². The Kier molecular flexibility index (Phi) is 6.02. The number of fused-ring (bicyclic) bond motifs is 1. The number of nitro groups is 1. The van der Waals surface area contributed by atoms with Crippen molar-refractivity contribution in [3.05, 3.63) is 33.3 Å². The van der Waals surface area contributed by atoms with E-state index in [1.807, 2.05) is 0 Å². The summed E-state index contributed by atoms with van der Waals surface area (Å²) < 4.78 is 27.0. The number of rotatable bonds is 5. The van der Waals surface area contributed by atoms with Gasteiger partial charge in [-0.25, -0.2) is 13.1 Å². The van der Waals surface area contributed by atoms with E-state index in [2.05, 4.69) is 4.72 Å². The predicted molar refractivity (Wildman–Crippen MR) is 99.9 cm³/mol. The minimum absolute atomic E-state index is 0.148. The van der Waals surface area contributed by atoms with Crippen LogP contribution >= 0.6 is 11.6 Å². The molecule has 0 radical (unpaired) electrons. The molecule has 0 unspecified atom stereocenters. The van der Waals surface area contributed by atoms with Gasteiger partial charge in [-0.1, -0.05) is 30.9 Å². The number of halogens is 1. The Morgan fingerprint density at radius 3 is 2.67 bits per heavy atom. The van der Waals surface area contributed by atoms with Gasteiger partial charge in [-0.2, -0.15) is 0 Å². The molecule has 3 rings (SSSR count). The molecule has 0 aromatic heterocycles. The molecule has 1 aliphatic heterocycles. The Labute approximate surface area is 163 Å². The Hall–Kier alpha value is -1.71. The fraction of sp³-hybridized carbons (Fsp3) is 0.588. The molecular formula is C17H22ClN3O5S. The molecule has 0 bridgehead atoms. The van der Waals surface area contributed by atoms with Crippen molar-refractivity contribution >= 4 is 33.2 Å². The molecule has 1 amide bonds. The van der Waals surface area contributed by atoms with Crippen molar-refractivity contribution in [1.82, 2.24) is 9.62 Å². The lowest BCUT2D eigenvalue weighted by Crippen LogP contribution is -2.48. The van der Waals surface area contributed by atoms with Gasteiger partial charge in [0.2, 0.25) is 15.9 Å². The van der Waals surface area contributed by atoms with Crippen molar-refractivity contribution in [2.45, 2.75) is 37.0 Å². The zero-order chi connectivity index (χ0) is 19.6. The van der Waals surface area contributed by atoms with Crippen molar-refractivity contribution in [3.63, 3.8) is 0 Å². The summed E-state index contributed by atoms with van der Waals surface area (Å²) in [5.41, 5.74) is -0.495. The first-order chi connectivity index (χ1) is 12.8. The van der Waals surface area contributed by atoms with Crippen LogP contribution in [0.15, 0.2) is 23.1 Å². The highest BCUT2D eigenvalue weighted by atomic mass is 35.5. The van der Waals surface area contributed by atoms with E-state index in [-0.39, 0.29) is 22.4 Å². The topological polar surface area (TPSA) is 110 Å². The van der Waals surface area contributed by atoms with Crippen LogP contribution in [-0.2, 0) is 14.8 Å². The summed E-state index contributed by atoms with van der Waals surface area (Å²) >= 11 is 5.71. The lowest BCUT2D eigenvalue weighted by atomic mass is 9.75. The number of nitro benzene ring substituents is 1. The third kappa shape index (κ3) is 4.59. The van der Waals surface area contributed by atoms with Crippen LogP contribution in [0.5, 0.6) is 0 Å². The molecule has 10 heteroatoms. The van der Waals surface area contributed by atoms with Crippen molar-refractivity contribution in [2.75, 3.05) is 19.6 Å². The molecule has 1 aromatic carbocycles. The molecule has 148 valence electrons.